The predicted molar refractivity (Wildman–Crippen MR) is 46.2 cm³/mol. The van der Waals surface area contributed by atoms with Gasteiger partial charge in [0.15, 0.2) is 0 Å². The minimum atomic E-state index is -1.09. The third-order valence-electron chi connectivity index (χ3n) is 1.19. The standard InChI is InChI=1S/C6H6BrN3O2/c1-10(6(11)12)5-8-2-4(7)3-9-5/h2-3H,1H3,(H,11,12). The Hall–Kier alpha value is -1.17. The van der Waals surface area contributed by atoms with E-state index in [1.807, 2.05) is 0 Å². The molecule has 1 heterocycles. The maximum Gasteiger partial charge on any atom is 0.413 e. The van der Waals surface area contributed by atoms with Crippen molar-refractivity contribution in [1.82, 2.24) is 9.97 Å². The van der Waals surface area contributed by atoms with E-state index < -0.39 is 6.09 Å². The zero-order valence-corrected chi connectivity index (χ0v) is 7.82. The minimum absolute atomic E-state index is 0.158. The van der Waals surface area contributed by atoms with Gasteiger partial charge in [-0.05, 0) is 15.9 Å². The van der Waals surface area contributed by atoms with E-state index in [9.17, 15) is 4.79 Å². The topological polar surface area (TPSA) is 66.3 Å². The molecule has 0 saturated heterocycles. The Kier molecular flexibility index (Phi) is 2.59. The van der Waals surface area contributed by atoms with Crippen molar-refractivity contribution in [2.45, 2.75) is 0 Å². The fraction of sp³-hybridized carbons (Fsp3) is 0.167. The number of carbonyl (C=O) groups is 1. The van der Waals surface area contributed by atoms with Crippen LogP contribution in [0.15, 0.2) is 16.9 Å². The second-order valence-corrected chi connectivity index (χ2v) is 2.96. The van der Waals surface area contributed by atoms with Crippen LogP contribution in [0.1, 0.15) is 0 Å². The molecule has 1 aromatic heterocycles. The number of rotatable bonds is 1. The molecule has 0 aliphatic heterocycles. The molecule has 1 amide bonds. The van der Waals surface area contributed by atoms with Crippen molar-refractivity contribution < 1.29 is 9.90 Å². The fourth-order valence-electron chi connectivity index (χ4n) is 0.564. The molecule has 0 unspecified atom stereocenters. The van der Waals surface area contributed by atoms with Crippen molar-refractivity contribution in [3.63, 3.8) is 0 Å². The summed E-state index contributed by atoms with van der Waals surface area (Å²) in [6.07, 6.45) is 1.89. The first-order valence-electron chi connectivity index (χ1n) is 3.05. The molecule has 0 aliphatic rings. The second-order valence-electron chi connectivity index (χ2n) is 2.04. The maximum absolute atomic E-state index is 10.4. The molecule has 6 heteroatoms. The van der Waals surface area contributed by atoms with Crippen LogP contribution in [0.25, 0.3) is 0 Å². The molecule has 1 rings (SSSR count). The van der Waals surface area contributed by atoms with E-state index in [-0.39, 0.29) is 5.95 Å². The largest absolute Gasteiger partial charge is 0.465 e. The van der Waals surface area contributed by atoms with Crippen molar-refractivity contribution in [3.05, 3.63) is 16.9 Å². The van der Waals surface area contributed by atoms with E-state index in [1.165, 1.54) is 19.4 Å². The van der Waals surface area contributed by atoms with E-state index in [4.69, 9.17) is 5.11 Å². The van der Waals surface area contributed by atoms with Gasteiger partial charge in [0, 0.05) is 19.4 Å². The van der Waals surface area contributed by atoms with E-state index in [1.54, 1.807) is 0 Å². The van der Waals surface area contributed by atoms with Gasteiger partial charge in [-0.1, -0.05) is 0 Å². The average molecular weight is 232 g/mol. The molecule has 0 aromatic carbocycles. The summed E-state index contributed by atoms with van der Waals surface area (Å²) in [6, 6.07) is 0. The summed E-state index contributed by atoms with van der Waals surface area (Å²) in [5.41, 5.74) is 0. The molecule has 64 valence electrons. The zero-order valence-electron chi connectivity index (χ0n) is 6.23. The number of anilines is 1. The lowest BCUT2D eigenvalue weighted by Crippen LogP contribution is -2.25. The van der Waals surface area contributed by atoms with Gasteiger partial charge in [0.1, 0.15) is 0 Å². The highest BCUT2D eigenvalue weighted by atomic mass is 79.9. The minimum Gasteiger partial charge on any atom is -0.465 e. The quantitative estimate of drug-likeness (QED) is 0.793. The Bertz CT molecular complexity index is 287. The van der Waals surface area contributed by atoms with Crippen LogP contribution in [0.2, 0.25) is 0 Å². The summed E-state index contributed by atoms with van der Waals surface area (Å²) < 4.78 is 0.713. The third-order valence-corrected chi connectivity index (χ3v) is 1.60. The lowest BCUT2D eigenvalue weighted by molar-refractivity contribution is 0.203. The van der Waals surface area contributed by atoms with E-state index in [0.29, 0.717) is 4.47 Å². The van der Waals surface area contributed by atoms with Crippen molar-refractivity contribution >= 4 is 28.0 Å². The van der Waals surface area contributed by atoms with E-state index in [2.05, 4.69) is 25.9 Å². The molecule has 0 saturated carbocycles. The molecular formula is C6H6BrN3O2. The van der Waals surface area contributed by atoms with Crippen LogP contribution in [0.3, 0.4) is 0 Å². The Labute approximate surface area is 77.2 Å². The number of hydrogen-bond acceptors (Lipinski definition) is 3. The van der Waals surface area contributed by atoms with Crippen molar-refractivity contribution in [2.75, 3.05) is 11.9 Å². The Morgan fingerprint density at radius 2 is 2.08 bits per heavy atom. The first kappa shape index (κ1) is 8.92. The molecular weight excluding hydrogens is 226 g/mol. The molecule has 0 aliphatic carbocycles. The van der Waals surface area contributed by atoms with Gasteiger partial charge < -0.3 is 5.11 Å². The van der Waals surface area contributed by atoms with Crippen LogP contribution in [0.5, 0.6) is 0 Å². The van der Waals surface area contributed by atoms with Crippen LogP contribution >= 0.6 is 15.9 Å². The Morgan fingerprint density at radius 1 is 1.58 bits per heavy atom. The monoisotopic (exact) mass is 231 g/mol. The molecule has 0 radical (unpaired) electrons. The van der Waals surface area contributed by atoms with Crippen LogP contribution in [0, 0.1) is 0 Å². The molecule has 0 atom stereocenters. The molecule has 1 N–H and O–H groups in total. The van der Waals surface area contributed by atoms with E-state index >= 15 is 0 Å². The Balaban J connectivity index is 2.89. The third kappa shape index (κ3) is 1.91. The highest BCUT2D eigenvalue weighted by Gasteiger charge is 2.09. The second kappa shape index (κ2) is 3.48. The summed E-state index contributed by atoms with van der Waals surface area (Å²) >= 11 is 3.14. The molecule has 0 bridgehead atoms. The smallest absolute Gasteiger partial charge is 0.413 e. The average Bonchev–Trinajstić information content (AvgIpc) is 2.04. The molecule has 0 fully saturated rings. The van der Waals surface area contributed by atoms with Crippen LogP contribution in [0.4, 0.5) is 10.7 Å². The highest BCUT2D eigenvalue weighted by Crippen LogP contribution is 2.09. The van der Waals surface area contributed by atoms with E-state index in [0.717, 1.165) is 4.90 Å². The molecule has 0 spiro atoms. The van der Waals surface area contributed by atoms with Gasteiger partial charge in [0.05, 0.1) is 4.47 Å². The van der Waals surface area contributed by atoms with Gasteiger partial charge in [0.25, 0.3) is 0 Å². The Morgan fingerprint density at radius 3 is 2.50 bits per heavy atom. The van der Waals surface area contributed by atoms with Gasteiger partial charge in [-0.15, -0.1) is 0 Å². The number of nitrogens with zero attached hydrogens (tertiary/aromatic N) is 3. The van der Waals surface area contributed by atoms with Crippen LogP contribution in [-0.2, 0) is 0 Å². The maximum atomic E-state index is 10.4. The first-order chi connectivity index (χ1) is 5.61. The van der Waals surface area contributed by atoms with Gasteiger partial charge in [-0.2, -0.15) is 0 Å². The number of hydrogen-bond donors (Lipinski definition) is 1. The van der Waals surface area contributed by atoms with Gasteiger partial charge >= 0.3 is 6.09 Å². The number of carboxylic acid groups (broad SMARTS) is 1. The SMILES string of the molecule is CN(C(=O)O)c1ncc(Br)cn1. The molecule has 5 nitrogen and oxygen atoms in total. The van der Waals surface area contributed by atoms with Crippen molar-refractivity contribution in [3.8, 4) is 0 Å². The number of amides is 1. The number of aromatic nitrogens is 2. The summed E-state index contributed by atoms with van der Waals surface area (Å²) in [7, 11) is 1.38. The lowest BCUT2D eigenvalue weighted by atomic mass is 10.6. The van der Waals surface area contributed by atoms with Gasteiger partial charge in [-0.25, -0.2) is 19.7 Å². The molecule has 12 heavy (non-hydrogen) atoms. The lowest BCUT2D eigenvalue weighted by Gasteiger charge is -2.09. The van der Waals surface area contributed by atoms with Gasteiger partial charge in [-0.3, -0.25) is 0 Å². The summed E-state index contributed by atoms with van der Waals surface area (Å²) in [5, 5.41) is 8.54. The van der Waals surface area contributed by atoms with Crippen molar-refractivity contribution in [1.29, 1.82) is 0 Å². The molecule has 1 aromatic rings. The summed E-state index contributed by atoms with van der Waals surface area (Å²) in [5.74, 6) is 0.158. The highest BCUT2D eigenvalue weighted by molar-refractivity contribution is 9.10. The summed E-state index contributed by atoms with van der Waals surface area (Å²) in [6.45, 7) is 0. The van der Waals surface area contributed by atoms with Crippen LogP contribution < -0.4 is 4.90 Å². The van der Waals surface area contributed by atoms with Gasteiger partial charge in [0.2, 0.25) is 5.95 Å². The number of halogens is 1. The summed E-state index contributed by atoms with van der Waals surface area (Å²) in [4.78, 5) is 18.9. The first-order valence-corrected chi connectivity index (χ1v) is 3.85. The normalized spacial score (nSPS) is 9.50. The zero-order chi connectivity index (χ0) is 9.14. The van der Waals surface area contributed by atoms with Crippen molar-refractivity contribution in [2.24, 2.45) is 0 Å². The fourth-order valence-corrected chi connectivity index (χ4v) is 0.769. The van der Waals surface area contributed by atoms with Crippen LogP contribution in [-0.4, -0.2) is 28.2 Å². The predicted octanol–water partition coefficient (Wildman–Crippen LogP) is 1.35.